The maximum Gasteiger partial charge on any atom is 0.254 e. The number of nitrogens with zero attached hydrogens (tertiary/aromatic N) is 3. The molecule has 1 aromatic carbocycles. The van der Waals surface area contributed by atoms with Gasteiger partial charge in [0.1, 0.15) is 0 Å². The molecule has 0 bridgehead atoms. The Balaban J connectivity index is 1.62. The molecule has 0 radical (unpaired) electrons. The Hall–Kier alpha value is -2.69. The Morgan fingerprint density at radius 2 is 2.14 bits per heavy atom. The van der Waals surface area contributed by atoms with Crippen molar-refractivity contribution >= 4 is 16.8 Å². The van der Waals surface area contributed by atoms with E-state index < -0.39 is 0 Å². The first kappa shape index (κ1) is 13.0. The van der Waals surface area contributed by atoms with Crippen LogP contribution in [0.5, 0.6) is 0 Å². The first-order chi connectivity index (χ1) is 10.8. The molecule has 1 amide bonds. The molecule has 1 atom stereocenters. The molecule has 1 N–H and O–H groups in total. The van der Waals surface area contributed by atoms with Crippen molar-refractivity contribution < 1.29 is 4.79 Å². The largest absolute Gasteiger partial charge is 0.338 e. The molecule has 5 heteroatoms. The zero-order valence-electron chi connectivity index (χ0n) is 12.1. The van der Waals surface area contributed by atoms with Gasteiger partial charge in [-0.05, 0) is 30.7 Å². The number of amides is 1. The number of hydrogen-bond donors (Lipinski definition) is 1. The topological polar surface area (TPSA) is 61.9 Å². The van der Waals surface area contributed by atoms with Crippen molar-refractivity contribution in [2.24, 2.45) is 0 Å². The smallest absolute Gasteiger partial charge is 0.254 e. The normalized spacial score (nSPS) is 18.0. The van der Waals surface area contributed by atoms with Gasteiger partial charge < -0.3 is 4.90 Å². The number of pyridine rings is 1. The highest BCUT2D eigenvalue weighted by Gasteiger charge is 2.29. The molecule has 1 aliphatic rings. The molecular weight excluding hydrogens is 276 g/mol. The fraction of sp³-hybridized carbons (Fsp3) is 0.235. The Labute approximate surface area is 128 Å². The van der Waals surface area contributed by atoms with E-state index in [0.29, 0.717) is 5.92 Å². The monoisotopic (exact) mass is 292 g/mol. The summed E-state index contributed by atoms with van der Waals surface area (Å²) in [4.78, 5) is 19.1. The summed E-state index contributed by atoms with van der Waals surface area (Å²) >= 11 is 0. The number of hydrogen-bond acceptors (Lipinski definition) is 3. The second-order valence-corrected chi connectivity index (χ2v) is 5.62. The number of likely N-dealkylation sites (tertiary alicyclic amines) is 1. The molecule has 5 nitrogen and oxygen atoms in total. The highest BCUT2D eigenvalue weighted by molar-refractivity contribution is 6.06. The number of nitrogens with one attached hydrogen (secondary N) is 1. The summed E-state index contributed by atoms with van der Waals surface area (Å²) in [6, 6.07) is 11.5. The molecule has 0 aliphatic carbocycles. The number of benzene rings is 1. The number of aromatic nitrogens is 3. The molecule has 4 rings (SSSR count). The van der Waals surface area contributed by atoms with Crippen LogP contribution in [0.2, 0.25) is 0 Å². The first-order valence-electron chi connectivity index (χ1n) is 7.45. The van der Waals surface area contributed by atoms with Gasteiger partial charge in [-0.25, -0.2) is 0 Å². The average Bonchev–Trinajstić information content (AvgIpc) is 3.24. The van der Waals surface area contributed by atoms with Crippen LogP contribution < -0.4 is 0 Å². The SMILES string of the molecule is O=C(c1cccc2ncccc12)N1CC[C@H](c2ccn[nH]2)C1. The van der Waals surface area contributed by atoms with Crippen LogP contribution in [0.25, 0.3) is 10.9 Å². The molecule has 3 heterocycles. The Kier molecular flexibility index (Phi) is 3.11. The Bertz CT molecular complexity index is 807. The number of carbonyl (C=O) groups excluding carboxylic acids is 1. The van der Waals surface area contributed by atoms with Gasteiger partial charge in [-0.1, -0.05) is 12.1 Å². The Morgan fingerprint density at radius 1 is 1.18 bits per heavy atom. The van der Waals surface area contributed by atoms with Gasteiger partial charge in [0.15, 0.2) is 0 Å². The van der Waals surface area contributed by atoms with Crippen LogP contribution in [-0.2, 0) is 0 Å². The van der Waals surface area contributed by atoms with E-state index in [1.807, 2.05) is 41.3 Å². The Morgan fingerprint density at radius 3 is 3.00 bits per heavy atom. The zero-order chi connectivity index (χ0) is 14.9. The van der Waals surface area contributed by atoms with Gasteiger partial charge in [0.05, 0.1) is 5.52 Å². The summed E-state index contributed by atoms with van der Waals surface area (Å²) in [5.41, 5.74) is 2.70. The van der Waals surface area contributed by atoms with Crippen LogP contribution in [0.1, 0.15) is 28.4 Å². The van der Waals surface area contributed by atoms with Gasteiger partial charge in [0.25, 0.3) is 5.91 Å². The lowest BCUT2D eigenvalue weighted by Crippen LogP contribution is -2.28. The van der Waals surface area contributed by atoms with Crippen LogP contribution in [0.3, 0.4) is 0 Å². The third-order valence-corrected chi connectivity index (χ3v) is 4.31. The van der Waals surface area contributed by atoms with Crippen molar-refractivity contribution in [2.75, 3.05) is 13.1 Å². The lowest BCUT2D eigenvalue weighted by atomic mass is 10.1. The minimum absolute atomic E-state index is 0.0839. The van der Waals surface area contributed by atoms with Crippen molar-refractivity contribution in [1.82, 2.24) is 20.1 Å². The number of H-pyrrole nitrogens is 1. The van der Waals surface area contributed by atoms with Crippen LogP contribution in [0.15, 0.2) is 48.8 Å². The molecule has 0 spiro atoms. The van der Waals surface area contributed by atoms with E-state index in [1.165, 1.54) is 0 Å². The number of fused-ring (bicyclic) bond motifs is 1. The molecule has 0 unspecified atom stereocenters. The fourth-order valence-corrected chi connectivity index (χ4v) is 3.15. The molecule has 110 valence electrons. The lowest BCUT2D eigenvalue weighted by Gasteiger charge is -2.17. The van der Waals surface area contributed by atoms with E-state index in [2.05, 4.69) is 15.2 Å². The third-order valence-electron chi connectivity index (χ3n) is 4.31. The highest BCUT2D eigenvalue weighted by Crippen LogP contribution is 2.28. The summed E-state index contributed by atoms with van der Waals surface area (Å²) in [6.45, 7) is 1.51. The van der Waals surface area contributed by atoms with E-state index in [9.17, 15) is 4.79 Å². The van der Waals surface area contributed by atoms with Crippen LogP contribution in [0.4, 0.5) is 0 Å². The third kappa shape index (κ3) is 2.15. The highest BCUT2D eigenvalue weighted by atomic mass is 16.2. The molecule has 1 saturated heterocycles. The first-order valence-corrected chi connectivity index (χ1v) is 7.45. The van der Waals surface area contributed by atoms with Gasteiger partial charge in [-0.2, -0.15) is 5.10 Å². The van der Waals surface area contributed by atoms with Gasteiger partial charge in [-0.3, -0.25) is 14.9 Å². The van der Waals surface area contributed by atoms with E-state index in [4.69, 9.17) is 0 Å². The van der Waals surface area contributed by atoms with Gasteiger partial charge in [0, 0.05) is 48.0 Å². The predicted octanol–water partition coefficient (Wildman–Crippen LogP) is 2.59. The molecule has 1 aliphatic heterocycles. The summed E-state index contributed by atoms with van der Waals surface area (Å²) in [5.74, 6) is 0.431. The quantitative estimate of drug-likeness (QED) is 0.789. The summed E-state index contributed by atoms with van der Waals surface area (Å²) in [6.07, 6.45) is 4.48. The van der Waals surface area contributed by atoms with Crippen molar-refractivity contribution in [1.29, 1.82) is 0 Å². The maximum atomic E-state index is 12.8. The minimum Gasteiger partial charge on any atom is -0.338 e. The molecule has 2 aromatic heterocycles. The van der Waals surface area contributed by atoms with Crippen molar-refractivity contribution in [3.8, 4) is 0 Å². The average molecular weight is 292 g/mol. The van der Waals surface area contributed by atoms with Gasteiger partial charge in [-0.15, -0.1) is 0 Å². The van der Waals surface area contributed by atoms with E-state index in [0.717, 1.165) is 41.7 Å². The van der Waals surface area contributed by atoms with Gasteiger partial charge in [0.2, 0.25) is 0 Å². The molecule has 0 saturated carbocycles. The summed E-state index contributed by atoms with van der Waals surface area (Å²) in [5, 5.41) is 7.93. The maximum absolute atomic E-state index is 12.8. The number of aromatic amines is 1. The molecule has 3 aromatic rings. The number of rotatable bonds is 2. The summed E-state index contributed by atoms with van der Waals surface area (Å²) < 4.78 is 0. The van der Waals surface area contributed by atoms with E-state index in [1.54, 1.807) is 12.4 Å². The van der Waals surface area contributed by atoms with Crippen molar-refractivity contribution in [3.05, 3.63) is 60.0 Å². The van der Waals surface area contributed by atoms with Crippen LogP contribution in [0, 0.1) is 0 Å². The predicted molar refractivity (Wildman–Crippen MR) is 83.6 cm³/mol. The fourth-order valence-electron chi connectivity index (χ4n) is 3.15. The molecular formula is C17H16N4O. The molecule has 1 fully saturated rings. The van der Waals surface area contributed by atoms with Crippen LogP contribution >= 0.6 is 0 Å². The van der Waals surface area contributed by atoms with Crippen molar-refractivity contribution in [2.45, 2.75) is 12.3 Å². The second-order valence-electron chi connectivity index (χ2n) is 5.62. The van der Waals surface area contributed by atoms with E-state index in [-0.39, 0.29) is 5.91 Å². The van der Waals surface area contributed by atoms with Crippen LogP contribution in [-0.4, -0.2) is 39.1 Å². The zero-order valence-corrected chi connectivity index (χ0v) is 12.1. The standard InChI is InChI=1S/C17H16N4O/c22-17(14-3-1-5-16-13(14)4-2-8-18-16)21-10-7-12(11-21)15-6-9-19-20-15/h1-6,8-9,12H,7,10-11H2,(H,19,20)/t12-/m0/s1. The number of carbonyl (C=O) groups is 1. The minimum atomic E-state index is 0.0839. The molecule has 22 heavy (non-hydrogen) atoms. The van der Waals surface area contributed by atoms with Gasteiger partial charge >= 0.3 is 0 Å². The van der Waals surface area contributed by atoms with Crippen molar-refractivity contribution in [3.63, 3.8) is 0 Å². The van der Waals surface area contributed by atoms with E-state index >= 15 is 0 Å². The lowest BCUT2D eigenvalue weighted by molar-refractivity contribution is 0.0792. The summed E-state index contributed by atoms with van der Waals surface area (Å²) in [7, 11) is 0. The second kappa shape index (κ2) is 5.26.